The fourth-order valence-electron chi connectivity index (χ4n) is 2.10. The Morgan fingerprint density at radius 2 is 1.91 bits per heavy atom. The standard InChI is InChI=1S/C15H19N3O5/c1-21-5-4-16-14(19)8-18-9-17-11-7-13(23-3)12(22-2)6-10(11)15(18)20/h6-7,9H,4-5,8H2,1-3H3,(H,16,19). The normalized spacial score (nSPS) is 10.6. The Balaban J connectivity index is 2.31. The molecule has 2 aromatic rings. The van der Waals surface area contributed by atoms with Crippen LogP contribution in [0.4, 0.5) is 0 Å². The molecule has 1 amide bonds. The number of methoxy groups -OCH3 is 3. The zero-order valence-electron chi connectivity index (χ0n) is 13.3. The Labute approximate surface area is 133 Å². The first-order valence-electron chi connectivity index (χ1n) is 6.97. The molecule has 1 aromatic heterocycles. The first-order chi connectivity index (χ1) is 11.1. The lowest BCUT2D eigenvalue weighted by Crippen LogP contribution is -2.34. The highest BCUT2D eigenvalue weighted by Crippen LogP contribution is 2.29. The molecule has 1 N–H and O–H groups in total. The molecule has 0 radical (unpaired) electrons. The van der Waals surface area contributed by atoms with Crippen LogP contribution >= 0.6 is 0 Å². The van der Waals surface area contributed by atoms with Crippen molar-refractivity contribution < 1.29 is 19.0 Å². The van der Waals surface area contributed by atoms with Crippen LogP contribution in [0.3, 0.4) is 0 Å². The minimum atomic E-state index is -0.321. The van der Waals surface area contributed by atoms with Gasteiger partial charge in [-0.2, -0.15) is 0 Å². The fourth-order valence-corrected chi connectivity index (χ4v) is 2.10. The van der Waals surface area contributed by atoms with Crippen molar-refractivity contribution in [2.24, 2.45) is 0 Å². The molecule has 0 aliphatic heterocycles. The SMILES string of the molecule is COCCNC(=O)Cn1cnc2cc(OC)c(OC)cc2c1=O. The number of ether oxygens (including phenoxy) is 3. The molecule has 0 spiro atoms. The number of carbonyl (C=O) groups excluding carboxylic acids is 1. The molecule has 8 heteroatoms. The van der Waals surface area contributed by atoms with Gasteiger partial charge in [0.05, 0.1) is 38.1 Å². The number of carbonyl (C=O) groups is 1. The van der Waals surface area contributed by atoms with Gasteiger partial charge in [-0.1, -0.05) is 0 Å². The van der Waals surface area contributed by atoms with Gasteiger partial charge in [0.2, 0.25) is 5.91 Å². The van der Waals surface area contributed by atoms with Crippen molar-refractivity contribution in [1.82, 2.24) is 14.9 Å². The van der Waals surface area contributed by atoms with Crippen LogP contribution in [0.2, 0.25) is 0 Å². The van der Waals surface area contributed by atoms with Crippen LogP contribution in [0.15, 0.2) is 23.3 Å². The lowest BCUT2D eigenvalue weighted by molar-refractivity contribution is -0.121. The average Bonchev–Trinajstić information content (AvgIpc) is 2.56. The molecule has 1 heterocycles. The maximum Gasteiger partial charge on any atom is 0.261 e. The number of nitrogens with zero attached hydrogens (tertiary/aromatic N) is 2. The largest absolute Gasteiger partial charge is 0.493 e. The van der Waals surface area contributed by atoms with E-state index < -0.39 is 0 Å². The van der Waals surface area contributed by atoms with E-state index >= 15 is 0 Å². The summed E-state index contributed by atoms with van der Waals surface area (Å²) in [5.41, 5.74) is 0.154. The monoisotopic (exact) mass is 321 g/mol. The van der Waals surface area contributed by atoms with E-state index in [1.807, 2.05) is 0 Å². The number of hydrogen-bond donors (Lipinski definition) is 1. The summed E-state index contributed by atoms with van der Waals surface area (Å²) in [5.74, 6) is 0.633. The van der Waals surface area contributed by atoms with E-state index in [1.54, 1.807) is 19.2 Å². The summed E-state index contributed by atoms with van der Waals surface area (Å²) in [6, 6.07) is 3.18. The average molecular weight is 321 g/mol. The lowest BCUT2D eigenvalue weighted by atomic mass is 10.2. The Bertz CT molecular complexity index is 757. The Morgan fingerprint density at radius 1 is 1.22 bits per heavy atom. The minimum absolute atomic E-state index is 0.111. The zero-order chi connectivity index (χ0) is 16.8. The highest BCUT2D eigenvalue weighted by Gasteiger charge is 2.12. The number of amides is 1. The van der Waals surface area contributed by atoms with Gasteiger partial charge in [0.25, 0.3) is 5.56 Å². The molecule has 0 aliphatic rings. The third-order valence-corrected chi connectivity index (χ3v) is 3.27. The first-order valence-corrected chi connectivity index (χ1v) is 6.97. The molecule has 8 nitrogen and oxygen atoms in total. The first kappa shape index (κ1) is 16.8. The summed E-state index contributed by atoms with van der Waals surface area (Å²) < 4.78 is 16.5. The summed E-state index contributed by atoms with van der Waals surface area (Å²) >= 11 is 0. The van der Waals surface area contributed by atoms with Crippen LogP contribution in [0, 0.1) is 0 Å². The van der Waals surface area contributed by atoms with Crippen LogP contribution in [0.1, 0.15) is 0 Å². The molecule has 23 heavy (non-hydrogen) atoms. The van der Waals surface area contributed by atoms with E-state index in [4.69, 9.17) is 14.2 Å². The van der Waals surface area contributed by atoms with Gasteiger partial charge in [0.1, 0.15) is 6.54 Å². The Morgan fingerprint density at radius 3 is 2.57 bits per heavy atom. The molecule has 0 unspecified atom stereocenters. The summed E-state index contributed by atoms with van der Waals surface area (Å²) in [5, 5.41) is 3.01. The van der Waals surface area contributed by atoms with Crippen molar-refractivity contribution in [3.8, 4) is 11.5 Å². The van der Waals surface area contributed by atoms with E-state index in [2.05, 4.69) is 10.3 Å². The van der Waals surface area contributed by atoms with Crippen LogP contribution in [-0.2, 0) is 16.1 Å². The summed E-state index contributed by atoms with van der Waals surface area (Å²) in [4.78, 5) is 28.5. The molecule has 0 atom stereocenters. The number of aromatic nitrogens is 2. The molecule has 1 aromatic carbocycles. The zero-order valence-corrected chi connectivity index (χ0v) is 13.3. The van der Waals surface area contributed by atoms with Crippen molar-refractivity contribution in [2.75, 3.05) is 34.5 Å². The number of fused-ring (bicyclic) bond motifs is 1. The van der Waals surface area contributed by atoms with Gasteiger partial charge < -0.3 is 19.5 Å². The van der Waals surface area contributed by atoms with Crippen LogP contribution < -0.4 is 20.3 Å². The predicted molar refractivity (Wildman–Crippen MR) is 84.0 cm³/mol. The molecule has 124 valence electrons. The topological polar surface area (TPSA) is 91.7 Å². The van der Waals surface area contributed by atoms with Gasteiger partial charge in [-0.15, -0.1) is 0 Å². The highest BCUT2D eigenvalue weighted by atomic mass is 16.5. The molecule has 2 rings (SSSR count). The third kappa shape index (κ3) is 3.78. The number of hydrogen-bond acceptors (Lipinski definition) is 6. The van der Waals surface area contributed by atoms with Crippen molar-refractivity contribution in [2.45, 2.75) is 6.54 Å². The highest BCUT2D eigenvalue weighted by molar-refractivity contribution is 5.82. The third-order valence-electron chi connectivity index (χ3n) is 3.27. The molecular weight excluding hydrogens is 302 g/mol. The van der Waals surface area contributed by atoms with Gasteiger partial charge in [-0.3, -0.25) is 14.2 Å². The van der Waals surface area contributed by atoms with Crippen molar-refractivity contribution in [1.29, 1.82) is 0 Å². The van der Waals surface area contributed by atoms with Gasteiger partial charge in [-0.25, -0.2) is 4.98 Å². The molecule has 0 aliphatic carbocycles. The van der Waals surface area contributed by atoms with E-state index in [1.165, 1.54) is 25.1 Å². The summed E-state index contributed by atoms with van der Waals surface area (Å²) in [7, 11) is 4.54. The second kappa shape index (κ2) is 7.59. The molecular formula is C15H19N3O5. The molecule has 0 saturated heterocycles. The number of rotatable bonds is 7. The number of nitrogens with one attached hydrogen (secondary N) is 1. The minimum Gasteiger partial charge on any atom is -0.493 e. The van der Waals surface area contributed by atoms with Crippen LogP contribution in [-0.4, -0.2) is 49.9 Å². The van der Waals surface area contributed by atoms with Crippen molar-refractivity contribution in [3.63, 3.8) is 0 Å². The quantitative estimate of drug-likeness (QED) is 0.731. The summed E-state index contributed by atoms with van der Waals surface area (Å²) in [6.45, 7) is 0.684. The van der Waals surface area contributed by atoms with Crippen molar-refractivity contribution in [3.05, 3.63) is 28.8 Å². The fraction of sp³-hybridized carbons (Fsp3) is 0.400. The van der Waals surface area contributed by atoms with E-state index in [0.29, 0.717) is 35.6 Å². The van der Waals surface area contributed by atoms with E-state index in [9.17, 15) is 9.59 Å². The molecule has 0 fully saturated rings. The maximum absolute atomic E-state index is 12.5. The second-order valence-corrected chi connectivity index (χ2v) is 4.74. The smallest absolute Gasteiger partial charge is 0.261 e. The van der Waals surface area contributed by atoms with Gasteiger partial charge in [0.15, 0.2) is 11.5 Å². The van der Waals surface area contributed by atoms with Crippen molar-refractivity contribution >= 4 is 16.8 Å². The van der Waals surface area contributed by atoms with Gasteiger partial charge in [0, 0.05) is 19.7 Å². The molecule has 0 saturated carbocycles. The Kier molecular flexibility index (Phi) is 5.53. The predicted octanol–water partition coefficient (Wildman–Crippen LogP) is 0.176. The lowest BCUT2D eigenvalue weighted by Gasteiger charge is -2.10. The van der Waals surface area contributed by atoms with Gasteiger partial charge in [-0.05, 0) is 6.07 Å². The Hall–Kier alpha value is -2.61. The van der Waals surface area contributed by atoms with Gasteiger partial charge >= 0.3 is 0 Å². The van der Waals surface area contributed by atoms with E-state index in [-0.39, 0.29) is 18.0 Å². The number of benzene rings is 1. The summed E-state index contributed by atoms with van der Waals surface area (Å²) in [6.07, 6.45) is 1.34. The van der Waals surface area contributed by atoms with Crippen LogP contribution in [0.25, 0.3) is 10.9 Å². The van der Waals surface area contributed by atoms with E-state index in [0.717, 1.165) is 0 Å². The van der Waals surface area contributed by atoms with Crippen LogP contribution in [0.5, 0.6) is 11.5 Å². The molecule has 0 bridgehead atoms. The second-order valence-electron chi connectivity index (χ2n) is 4.74. The maximum atomic E-state index is 12.5.